The quantitative estimate of drug-likeness (QED) is 0.338. The lowest BCUT2D eigenvalue weighted by Gasteiger charge is -2.35. The summed E-state index contributed by atoms with van der Waals surface area (Å²) in [7, 11) is 0. The maximum Gasteiger partial charge on any atom is 0.355 e. The average Bonchev–Trinajstić information content (AvgIpc) is 3.13. The molecule has 168 valence electrons. The Labute approximate surface area is 186 Å². The van der Waals surface area contributed by atoms with Crippen molar-refractivity contribution in [1.29, 1.82) is 0 Å². The molecular weight excluding hydrogens is 430 g/mol. The van der Waals surface area contributed by atoms with E-state index in [1.54, 1.807) is 44.2 Å². The molecule has 1 unspecified atom stereocenters. The van der Waals surface area contributed by atoms with E-state index in [0.29, 0.717) is 10.9 Å². The van der Waals surface area contributed by atoms with E-state index < -0.39 is 34.2 Å². The van der Waals surface area contributed by atoms with Crippen molar-refractivity contribution >= 4 is 22.8 Å². The van der Waals surface area contributed by atoms with Crippen LogP contribution in [0.5, 0.6) is 0 Å². The van der Waals surface area contributed by atoms with E-state index in [1.807, 2.05) is 0 Å². The van der Waals surface area contributed by atoms with Crippen molar-refractivity contribution in [1.82, 2.24) is 9.55 Å². The maximum atomic E-state index is 13.5. The summed E-state index contributed by atoms with van der Waals surface area (Å²) in [4.78, 5) is 54.7. The fourth-order valence-electron chi connectivity index (χ4n) is 4.60. The van der Waals surface area contributed by atoms with Gasteiger partial charge in [-0.05, 0) is 24.6 Å². The summed E-state index contributed by atoms with van der Waals surface area (Å²) in [5, 5.41) is 12.8. The Balaban J connectivity index is 1.84. The van der Waals surface area contributed by atoms with Gasteiger partial charge in [-0.15, -0.1) is 0 Å². The predicted octanol–water partition coefficient (Wildman–Crippen LogP) is 2.82. The standard InChI is InChI=1S/C23H19N3O7/c1-3-18(27)33-23(4-2)15-10-17-19-13(9-12-7-5-6-8-16(12)24-19)20(26(30)31)25(17)21(28)14(15)11-32-22(23)29/h5-10,20H,3-4,11H2,1-2H3/t20?,23-/m0/s1. The minimum absolute atomic E-state index is 0.0219. The molecule has 4 heterocycles. The molecule has 33 heavy (non-hydrogen) atoms. The van der Waals surface area contributed by atoms with Crippen molar-refractivity contribution < 1.29 is 24.0 Å². The van der Waals surface area contributed by atoms with Gasteiger partial charge >= 0.3 is 18.1 Å². The first-order valence-electron chi connectivity index (χ1n) is 10.5. The molecule has 0 aliphatic carbocycles. The second kappa shape index (κ2) is 7.22. The molecule has 0 bridgehead atoms. The molecule has 3 aromatic rings. The molecule has 0 amide bonds. The summed E-state index contributed by atoms with van der Waals surface area (Å²) in [6, 6.07) is 10.3. The monoisotopic (exact) mass is 449 g/mol. The fourth-order valence-corrected chi connectivity index (χ4v) is 4.60. The summed E-state index contributed by atoms with van der Waals surface area (Å²) in [5.41, 5.74) is -0.892. The third-order valence-electron chi connectivity index (χ3n) is 6.25. The van der Waals surface area contributed by atoms with Crippen LogP contribution in [-0.4, -0.2) is 26.4 Å². The molecule has 2 aliphatic heterocycles. The van der Waals surface area contributed by atoms with Gasteiger partial charge in [-0.3, -0.25) is 19.7 Å². The Morgan fingerprint density at radius 3 is 2.76 bits per heavy atom. The Kier molecular flexibility index (Phi) is 4.55. The second-order valence-corrected chi connectivity index (χ2v) is 7.96. The van der Waals surface area contributed by atoms with Gasteiger partial charge in [0.15, 0.2) is 0 Å². The van der Waals surface area contributed by atoms with Gasteiger partial charge in [0.1, 0.15) is 6.61 Å². The van der Waals surface area contributed by atoms with Crippen molar-refractivity contribution in [2.24, 2.45) is 0 Å². The number of cyclic esters (lactones) is 1. The van der Waals surface area contributed by atoms with E-state index in [4.69, 9.17) is 9.47 Å². The molecule has 1 aromatic carbocycles. The van der Waals surface area contributed by atoms with Crippen molar-refractivity contribution in [2.75, 3.05) is 0 Å². The van der Waals surface area contributed by atoms with Crippen molar-refractivity contribution in [3.05, 3.63) is 73.6 Å². The molecule has 10 heteroatoms. The van der Waals surface area contributed by atoms with E-state index in [0.717, 1.165) is 4.57 Å². The zero-order valence-corrected chi connectivity index (χ0v) is 17.9. The van der Waals surface area contributed by atoms with Crippen LogP contribution in [0, 0.1) is 10.1 Å². The highest BCUT2D eigenvalue weighted by molar-refractivity contribution is 5.88. The van der Waals surface area contributed by atoms with Crippen LogP contribution in [0.4, 0.5) is 0 Å². The third kappa shape index (κ3) is 2.80. The Bertz CT molecular complexity index is 1430. The second-order valence-electron chi connectivity index (χ2n) is 7.96. The number of carbonyl (C=O) groups is 2. The molecule has 0 saturated carbocycles. The van der Waals surface area contributed by atoms with Crippen molar-refractivity contribution in [3.8, 4) is 11.4 Å². The number of carbonyl (C=O) groups excluding carboxylic acids is 2. The zero-order valence-electron chi connectivity index (χ0n) is 17.9. The van der Waals surface area contributed by atoms with E-state index in [-0.39, 0.29) is 47.5 Å². The number of pyridine rings is 2. The Morgan fingerprint density at radius 2 is 2.06 bits per heavy atom. The summed E-state index contributed by atoms with van der Waals surface area (Å²) in [5.74, 6) is -1.41. The van der Waals surface area contributed by atoms with E-state index in [2.05, 4.69) is 4.98 Å². The van der Waals surface area contributed by atoms with Gasteiger partial charge < -0.3 is 9.47 Å². The molecule has 2 aromatic heterocycles. The van der Waals surface area contributed by atoms with E-state index in [9.17, 15) is 24.5 Å². The number of aromatic nitrogens is 2. The molecule has 2 atom stereocenters. The number of hydrogen-bond donors (Lipinski definition) is 0. The number of hydrogen-bond acceptors (Lipinski definition) is 8. The lowest BCUT2D eigenvalue weighted by molar-refractivity contribution is -0.534. The van der Waals surface area contributed by atoms with Crippen LogP contribution >= 0.6 is 0 Å². The van der Waals surface area contributed by atoms with Gasteiger partial charge in [-0.25, -0.2) is 14.3 Å². The normalized spacial score (nSPS) is 20.5. The molecule has 10 nitrogen and oxygen atoms in total. The molecule has 0 spiro atoms. The molecule has 5 rings (SSSR count). The zero-order chi connectivity index (χ0) is 23.5. The minimum atomic E-state index is -1.81. The van der Waals surface area contributed by atoms with Gasteiger partial charge in [0.05, 0.1) is 33.0 Å². The van der Waals surface area contributed by atoms with Crippen LogP contribution in [0.2, 0.25) is 0 Å². The van der Waals surface area contributed by atoms with E-state index in [1.165, 1.54) is 6.07 Å². The van der Waals surface area contributed by atoms with Gasteiger partial charge in [0.25, 0.3) is 5.56 Å². The number of para-hydroxylation sites is 1. The lowest BCUT2D eigenvalue weighted by atomic mass is 9.85. The SMILES string of the molecule is CCC(=O)O[C@]1(CC)C(=O)OCc2c1cc1n(c2=O)C([N+](=O)[O-])c2cc3ccccc3nc2-1. The number of fused-ring (bicyclic) bond motifs is 5. The summed E-state index contributed by atoms with van der Waals surface area (Å²) in [6.45, 7) is 2.86. The fraction of sp³-hybridized carbons (Fsp3) is 0.304. The highest BCUT2D eigenvalue weighted by Gasteiger charge is 2.51. The Morgan fingerprint density at radius 1 is 1.30 bits per heavy atom. The first kappa shape index (κ1) is 20.8. The highest BCUT2D eigenvalue weighted by Crippen LogP contribution is 2.44. The van der Waals surface area contributed by atoms with Crippen LogP contribution < -0.4 is 5.56 Å². The number of benzene rings is 1. The number of nitrogens with zero attached hydrogens (tertiary/aromatic N) is 3. The molecule has 0 saturated heterocycles. The van der Waals surface area contributed by atoms with Crippen LogP contribution in [0.15, 0.2) is 41.2 Å². The Hall–Kier alpha value is -4.08. The maximum absolute atomic E-state index is 13.5. The topological polar surface area (TPSA) is 131 Å². The first-order valence-corrected chi connectivity index (χ1v) is 10.5. The molecule has 0 radical (unpaired) electrons. The van der Waals surface area contributed by atoms with E-state index >= 15 is 0 Å². The average molecular weight is 449 g/mol. The van der Waals surface area contributed by atoms with Crippen molar-refractivity contribution in [3.63, 3.8) is 0 Å². The smallest absolute Gasteiger partial charge is 0.355 e. The number of ether oxygens (including phenoxy) is 2. The largest absolute Gasteiger partial charge is 0.457 e. The minimum Gasteiger partial charge on any atom is -0.457 e. The van der Waals surface area contributed by atoms with Crippen molar-refractivity contribution in [2.45, 2.75) is 45.1 Å². The third-order valence-corrected chi connectivity index (χ3v) is 6.25. The van der Waals surface area contributed by atoms with Crippen LogP contribution in [0.3, 0.4) is 0 Å². The molecule has 0 fully saturated rings. The van der Waals surface area contributed by atoms with Gasteiger partial charge in [-0.1, -0.05) is 32.0 Å². The molecule has 0 N–H and O–H groups in total. The van der Waals surface area contributed by atoms with Crippen LogP contribution in [0.1, 0.15) is 49.5 Å². The summed E-state index contributed by atoms with van der Waals surface area (Å²) in [6.07, 6.45) is -1.42. The molecular formula is C23H19N3O7. The highest BCUT2D eigenvalue weighted by atomic mass is 16.6. The lowest BCUT2D eigenvalue weighted by Crippen LogP contribution is -2.47. The molecule has 2 aliphatic rings. The number of esters is 2. The first-order chi connectivity index (χ1) is 15.8. The van der Waals surface area contributed by atoms with Gasteiger partial charge in [0.2, 0.25) is 5.60 Å². The van der Waals surface area contributed by atoms with Gasteiger partial charge in [-0.2, -0.15) is 0 Å². The van der Waals surface area contributed by atoms with Crippen LogP contribution in [0.25, 0.3) is 22.3 Å². The number of rotatable bonds is 4. The predicted molar refractivity (Wildman–Crippen MR) is 115 cm³/mol. The van der Waals surface area contributed by atoms with Gasteiger partial charge in [0, 0.05) is 17.4 Å². The number of nitro groups is 1. The van der Waals surface area contributed by atoms with Crippen LogP contribution in [-0.2, 0) is 31.3 Å². The summed E-state index contributed by atoms with van der Waals surface area (Å²) < 4.78 is 11.8. The summed E-state index contributed by atoms with van der Waals surface area (Å²) >= 11 is 0.